The first-order valence-electron chi connectivity index (χ1n) is 6.84. The molecule has 1 aromatic rings. The Hall–Kier alpha value is -1.34. The van der Waals surface area contributed by atoms with Crippen molar-refractivity contribution in [1.82, 2.24) is 9.47 Å². The van der Waals surface area contributed by atoms with E-state index in [4.69, 9.17) is 5.14 Å². The van der Waals surface area contributed by atoms with Gasteiger partial charge in [0.2, 0.25) is 10.0 Å². The minimum atomic E-state index is -3.78. The topological polar surface area (TPSA) is 85.4 Å². The molecular formula is C13H21N3O3S. The Balaban J connectivity index is 2.31. The molecule has 1 amide bonds. The summed E-state index contributed by atoms with van der Waals surface area (Å²) in [5.41, 5.74) is 0.380. The van der Waals surface area contributed by atoms with Crippen molar-refractivity contribution in [3.8, 4) is 0 Å². The highest BCUT2D eigenvalue weighted by Gasteiger charge is 2.27. The highest BCUT2D eigenvalue weighted by atomic mass is 32.2. The number of carbonyl (C=O) groups is 1. The summed E-state index contributed by atoms with van der Waals surface area (Å²) >= 11 is 0. The summed E-state index contributed by atoms with van der Waals surface area (Å²) < 4.78 is 24.4. The van der Waals surface area contributed by atoms with E-state index in [1.807, 2.05) is 6.92 Å². The molecule has 1 heterocycles. The molecule has 1 saturated carbocycles. The van der Waals surface area contributed by atoms with E-state index in [0.717, 1.165) is 25.7 Å². The van der Waals surface area contributed by atoms with Gasteiger partial charge in [-0.15, -0.1) is 0 Å². The molecule has 1 aromatic heterocycles. The lowest BCUT2D eigenvalue weighted by molar-refractivity contribution is 0.0724. The first-order valence-corrected chi connectivity index (χ1v) is 8.39. The zero-order valence-electron chi connectivity index (χ0n) is 11.9. The Morgan fingerprint density at radius 1 is 1.45 bits per heavy atom. The third kappa shape index (κ3) is 2.88. The minimum absolute atomic E-state index is 0.0116. The van der Waals surface area contributed by atoms with Crippen molar-refractivity contribution in [2.75, 3.05) is 7.05 Å². The molecule has 1 aliphatic rings. The monoisotopic (exact) mass is 299 g/mol. The van der Waals surface area contributed by atoms with Gasteiger partial charge in [-0.05, 0) is 25.8 Å². The van der Waals surface area contributed by atoms with E-state index >= 15 is 0 Å². The molecule has 0 saturated heterocycles. The molecule has 0 radical (unpaired) electrons. The number of aryl methyl sites for hydroxylation is 1. The van der Waals surface area contributed by atoms with E-state index in [2.05, 4.69) is 0 Å². The van der Waals surface area contributed by atoms with Gasteiger partial charge in [0.1, 0.15) is 10.6 Å². The second kappa shape index (κ2) is 5.57. The molecule has 0 spiro atoms. The van der Waals surface area contributed by atoms with Crippen molar-refractivity contribution in [2.45, 2.75) is 50.1 Å². The smallest absolute Gasteiger partial charge is 0.270 e. The van der Waals surface area contributed by atoms with E-state index in [-0.39, 0.29) is 16.8 Å². The van der Waals surface area contributed by atoms with Crippen molar-refractivity contribution in [2.24, 2.45) is 5.14 Å². The van der Waals surface area contributed by atoms with Crippen molar-refractivity contribution in [3.05, 3.63) is 18.0 Å². The molecule has 0 bridgehead atoms. The number of amides is 1. The van der Waals surface area contributed by atoms with Crippen LogP contribution >= 0.6 is 0 Å². The third-order valence-corrected chi connectivity index (χ3v) is 4.83. The summed E-state index contributed by atoms with van der Waals surface area (Å²) in [6, 6.07) is 1.62. The standard InChI is InChI=1S/C13H21N3O3S/c1-3-16-9-11(20(14,18)19)8-12(16)13(17)15(2)10-6-4-5-7-10/h8-10H,3-7H2,1-2H3,(H2,14,18,19). The number of aromatic nitrogens is 1. The maximum atomic E-state index is 12.5. The fourth-order valence-corrected chi connectivity index (χ4v) is 3.27. The van der Waals surface area contributed by atoms with Gasteiger partial charge in [0, 0.05) is 25.8 Å². The average molecular weight is 299 g/mol. The van der Waals surface area contributed by atoms with E-state index in [1.165, 1.54) is 12.3 Å². The van der Waals surface area contributed by atoms with Crippen molar-refractivity contribution in [3.63, 3.8) is 0 Å². The van der Waals surface area contributed by atoms with Crippen molar-refractivity contribution >= 4 is 15.9 Å². The van der Waals surface area contributed by atoms with Crippen LogP contribution in [0.3, 0.4) is 0 Å². The normalized spacial score (nSPS) is 16.6. The number of primary sulfonamides is 1. The first kappa shape index (κ1) is 15.1. The summed E-state index contributed by atoms with van der Waals surface area (Å²) in [5, 5.41) is 5.13. The second-order valence-electron chi connectivity index (χ2n) is 5.25. The van der Waals surface area contributed by atoms with Gasteiger partial charge in [-0.2, -0.15) is 0 Å². The summed E-state index contributed by atoms with van der Waals surface area (Å²) in [4.78, 5) is 14.2. The fraction of sp³-hybridized carbons (Fsp3) is 0.615. The molecule has 7 heteroatoms. The molecule has 0 unspecified atom stereocenters. The summed E-state index contributed by atoms with van der Waals surface area (Å²) in [5.74, 6) is -0.145. The van der Waals surface area contributed by atoms with Gasteiger partial charge in [0.15, 0.2) is 0 Å². The van der Waals surface area contributed by atoms with Gasteiger partial charge in [0.05, 0.1) is 0 Å². The summed E-state index contributed by atoms with van der Waals surface area (Å²) in [7, 11) is -2.00. The van der Waals surface area contributed by atoms with Crippen LogP contribution in [-0.4, -0.2) is 36.9 Å². The Kier molecular flexibility index (Phi) is 4.19. The Morgan fingerprint density at radius 3 is 2.55 bits per heavy atom. The van der Waals surface area contributed by atoms with E-state index in [9.17, 15) is 13.2 Å². The van der Waals surface area contributed by atoms with Crippen LogP contribution in [0.25, 0.3) is 0 Å². The van der Waals surface area contributed by atoms with Crippen LogP contribution in [0.2, 0.25) is 0 Å². The molecule has 6 nitrogen and oxygen atoms in total. The zero-order chi connectivity index (χ0) is 14.9. The van der Waals surface area contributed by atoms with E-state index in [1.54, 1.807) is 16.5 Å². The number of carbonyl (C=O) groups excluding carboxylic acids is 1. The molecule has 20 heavy (non-hydrogen) atoms. The molecule has 0 aliphatic heterocycles. The third-order valence-electron chi connectivity index (χ3n) is 3.95. The van der Waals surface area contributed by atoms with Gasteiger partial charge < -0.3 is 9.47 Å². The Labute approximate surface area is 119 Å². The van der Waals surface area contributed by atoms with Crippen LogP contribution in [-0.2, 0) is 16.6 Å². The van der Waals surface area contributed by atoms with Crippen molar-refractivity contribution < 1.29 is 13.2 Å². The van der Waals surface area contributed by atoms with Gasteiger partial charge in [-0.1, -0.05) is 12.8 Å². The van der Waals surface area contributed by atoms with E-state index < -0.39 is 10.0 Å². The molecule has 1 fully saturated rings. The zero-order valence-corrected chi connectivity index (χ0v) is 12.7. The minimum Gasteiger partial charge on any atom is -0.342 e. The maximum Gasteiger partial charge on any atom is 0.270 e. The Morgan fingerprint density at radius 2 is 2.05 bits per heavy atom. The van der Waals surface area contributed by atoms with Gasteiger partial charge in [-0.3, -0.25) is 4.79 Å². The van der Waals surface area contributed by atoms with Gasteiger partial charge >= 0.3 is 0 Å². The molecule has 112 valence electrons. The number of hydrogen-bond donors (Lipinski definition) is 1. The lowest BCUT2D eigenvalue weighted by Gasteiger charge is -2.24. The molecule has 2 N–H and O–H groups in total. The number of hydrogen-bond acceptors (Lipinski definition) is 3. The van der Waals surface area contributed by atoms with Gasteiger partial charge in [-0.25, -0.2) is 13.6 Å². The number of rotatable bonds is 4. The van der Waals surface area contributed by atoms with Crippen LogP contribution in [0.4, 0.5) is 0 Å². The maximum absolute atomic E-state index is 12.5. The molecule has 0 atom stereocenters. The number of nitrogens with zero attached hydrogens (tertiary/aromatic N) is 2. The SMILES string of the molecule is CCn1cc(S(N)(=O)=O)cc1C(=O)N(C)C1CCCC1. The molecular weight excluding hydrogens is 278 g/mol. The van der Waals surface area contributed by atoms with Crippen LogP contribution < -0.4 is 5.14 Å². The number of sulfonamides is 1. The Bertz CT molecular complexity index is 600. The van der Waals surface area contributed by atoms with E-state index in [0.29, 0.717) is 12.2 Å². The van der Waals surface area contributed by atoms with Crippen molar-refractivity contribution in [1.29, 1.82) is 0 Å². The largest absolute Gasteiger partial charge is 0.342 e. The first-order chi connectivity index (χ1) is 9.34. The average Bonchev–Trinajstić information content (AvgIpc) is 3.04. The lowest BCUT2D eigenvalue weighted by atomic mass is 10.2. The predicted octanol–water partition coefficient (Wildman–Crippen LogP) is 1.17. The summed E-state index contributed by atoms with van der Waals surface area (Å²) in [6.45, 7) is 2.38. The molecule has 2 rings (SSSR count). The van der Waals surface area contributed by atoms with Gasteiger partial charge in [0.25, 0.3) is 5.91 Å². The second-order valence-corrected chi connectivity index (χ2v) is 6.81. The highest BCUT2D eigenvalue weighted by molar-refractivity contribution is 7.89. The number of nitrogens with two attached hydrogens (primary N) is 1. The fourth-order valence-electron chi connectivity index (χ4n) is 2.72. The van der Waals surface area contributed by atoms with Crippen LogP contribution in [0.5, 0.6) is 0 Å². The molecule has 0 aromatic carbocycles. The van der Waals surface area contributed by atoms with Crippen LogP contribution in [0.1, 0.15) is 43.1 Å². The van der Waals surface area contributed by atoms with Crippen LogP contribution in [0, 0.1) is 0 Å². The predicted molar refractivity (Wildman–Crippen MR) is 75.8 cm³/mol. The summed E-state index contributed by atoms with van der Waals surface area (Å²) in [6.07, 6.45) is 5.72. The quantitative estimate of drug-likeness (QED) is 0.905. The lowest BCUT2D eigenvalue weighted by Crippen LogP contribution is -2.36. The van der Waals surface area contributed by atoms with Crippen LogP contribution in [0.15, 0.2) is 17.2 Å². The highest BCUT2D eigenvalue weighted by Crippen LogP contribution is 2.24. The molecule has 1 aliphatic carbocycles.